The SMILES string of the molecule is Cc1ccc(S(=O)(=O)NC2CCN(C(=O)C3(c4ccccc4)CC3)CC2)cc1. The Labute approximate surface area is 166 Å². The van der Waals surface area contributed by atoms with Gasteiger partial charge >= 0.3 is 0 Å². The normalized spacial score (nSPS) is 19.4. The van der Waals surface area contributed by atoms with Crippen LogP contribution in [-0.4, -0.2) is 38.4 Å². The largest absolute Gasteiger partial charge is 0.342 e. The van der Waals surface area contributed by atoms with Crippen LogP contribution in [0.3, 0.4) is 0 Å². The van der Waals surface area contributed by atoms with Gasteiger partial charge in [-0.2, -0.15) is 0 Å². The lowest BCUT2D eigenvalue weighted by atomic mass is 9.93. The van der Waals surface area contributed by atoms with Gasteiger partial charge in [0.05, 0.1) is 10.3 Å². The molecule has 1 heterocycles. The molecule has 0 radical (unpaired) electrons. The highest BCUT2D eigenvalue weighted by Crippen LogP contribution is 2.49. The second-order valence-electron chi connectivity index (χ2n) is 7.95. The van der Waals surface area contributed by atoms with E-state index in [2.05, 4.69) is 4.72 Å². The van der Waals surface area contributed by atoms with Crippen LogP contribution >= 0.6 is 0 Å². The summed E-state index contributed by atoms with van der Waals surface area (Å²) in [6.45, 7) is 3.11. The maximum absolute atomic E-state index is 13.1. The summed E-state index contributed by atoms with van der Waals surface area (Å²) in [5, 5.41) is 0. The topological polar surface area (TPSA) is 66.5 Å². The number of piperidine rings is 1. The van der Waals surface area contributed by atoms with Crippen molar-refractivity contribution in [1.29, 1.82) is 0 Å². The first-order chi connectivity index (χ1) is 13.4. The summed E-state index contributed by atoms with van der Waals surface area (Å²) in [7, 11) is -3.53. The van der Waals surface area contributed by atoms with Crippen molar-refractivity contribution in [2.24, 2.45) is 0 Å². The van der Waals surface area contributed by atoms with Crippen LogP contribution in [0.1, 0.15) is 36.8 Å². The Hall–Kier alpha value is -2.18. The van der Waals surface area contributed by atoms with Crippen molar-refractivity contribution in [3.63, 3.8) is 0 Å². The highest BCUT2D eigenvalue weighted by molar-refractivity contribution is 7.89. The zero-order valence-electron chi connectivity index (χ0n) is 16.1. The van der Waals surface area contributed by atoms with Crippen LogP contribution in [0.5, 0.6) is 0 Å². The lowest BCUT2D eigenvalue weighted by Crippen LogP contribution is -2.49. The van der Waals surface area contributed by atoms with Gasteiger partial charge in [0.25, 0.3) is 0 Å². The average Bonchev–Trinajstić information content (AvgIpc) is 3.51. The molecule has 0 aromatic heterocycles. The summed E-state index contributed by atoms with van der Waals surface area (Å²) >= 11 is 0. The fourth-order valence-corrected chi connectivity index (χ4v) is 5.32. The molecule has 2 fully saturated rings. The Morgan fingerprint density at radius 1 is 1.00 bits per heavy atom. The van der Waals surface area contributed by atoms with Gasteiger partial charge in [0, 0.05) is 19.1 Å². The predicted octanol–water partition coefficient (Wildman–Crippen LogP) is 3.00. The number of amides is 1. The lowest BCUT2D eigenvalue weighted by Gasteiger charge is -2.34. The van der Waals surface area contributed by atoms with E-state index in [0.717, 1.165) is 24.0 Å². The van der Waals surface area contributed by atoms with E-state index in [1.54, 1.807) is 24.3 Å². The third kappa shape index (κ3) is 3.71. The minimum atomic E-state index is -3.53. The molecule has 1 N–H and O–H groups in total. The van der Waals surface area contributed by atoms with Gasteiger partial charge in [0.1, 0.15) is 0 Å². The monoisotopic (exact) mass is 398 g/mol. The highest BCUT2D eigenvalue weighted by Gasteiger charge is 2.53. The van der Waals surface area contributed by atoms with Crippen LogP contribution < -0.4 is 4.72 Å². The molecule has 0 spiro atoms. The number of aryl methyl sites for hydroxylation is 1. The van der Waals surface area contributed by atoms with Gasteiger partial charge in [0.2, 0.25) is 15.9 Å². The summed E-state index contributed by atoms with van der Waals surface area (Å²) in [4.78, 5) is 15.3. The second-order valence-corrected chi connectivity index (χ2v) is 9.66. The van der Waals surface area contributed by atoms with Crippen molar-refractivity contribution in [2.75, 3.05) is 13.1 Å². The van der Waals surface area contributed by atoms with Crippen LogP contribution in [0.4, 0.5) is 0 Å². The number of likely N-dealkylation sites (tertiary alicyclic amines) is 1. The van der Waals surface area contributed by atoms with Crippen molar-refractivity contribution >= 4 is 15.9 Å². The third-order valence-corrected chi connectivity index (χ3v) is 7.46. The molecule has 5 nitrogen and oxygen atoms in total. The number of benzene rings is 2. The first-order valence-corrected chi connectivity index (χ1v) is 11.3. The molecular weight excluding hydrogens is 372 g/mol. The smallest absolute Gasteiger partial charge is 0.240 e. The molecule has 1 aliphatic carbocycles. The van der Waals surface area contributed by atoms with Gasteiger partial charge in [-0.1, -0.05) is 48.0 Å². The summed E-state index contributed by atoms with van der Waals surface area (Å²) in [5.41, 5.74) is 1.77. The van der Waals surface area contributed by atoms with E-state index in [-0.39, 0.29) is 22.3 Å². The van der Waals surface area contributed by atoms with Crippen LogP contribution in [0, 0.1) is 6.92 Å². The van der Waals surface area contributed by atoms with Crippen LogP contribution in [0.2, 0.25) is 0 Å². The second kappa shape index (κ2) is 7.33. The zero-order chi connectivity index (χ0) is 19.8. The van der Waals surface area contributed by atoms with E-state index >= 15 is 0 Å². The van der Waals surface area contributed by atoms with E-state index in [4.69, 9.17) is 0 Å². The molecule has 0 bridgehead atoms. The standard InChI is InChI=1S/C22H26N2O3S/c1-17-7-9-20(10-8-17)28(26,27)23-19-11-15-24(16-12-19)21(25)22(13-14-22)18-5-3-2-4-6-18/h2-10,19,23H,11-16H2,1H3. The van der Waals surface area contributed by atoms with Gasteiger partial charge in [-0.15, -0.1) is 0 Å². The fraction of sp³-hybridized carbons (Fsp3) is 0.409. The van der Waals surface area contributed by atoms with Crippen molar-refractivity contribution in [2.45, 2.75) is 49.0 Å². The maximum atomic E-state index is 13.1. The quantitative estimate of drug-likeness (QED) is 0.842. The van der Waals surface area contributed by atoms with E-state index in [1.165, 1.54) is 0 Å². The maximum Gasteiger partial charge on any atom is 0.240 e. The number of nitrogens with one attached hydrogen (secondary N) is 1. The van der Waals surface area contributed by atoms with Crippen molar-refractivity contribution in [3.05, 3.63) is 65.7 Å². The molecule has 1 saturated carbocycles. The number of carbonyl (C=O) groups excluding carboxylic acids is 1. The Morgan fingerprint density at radius 3 is 2.18 bits per heavy atom. The predicted molar refractivity (Wildman–Crippen MR) is 108 cm³/mol. The van der Waals surface area contributed by atoms with Gasteiger partial charge < -0.3 is 4.90 Å². The first kappa shape index (κ1) is 19.2. The van der Waals surface area contributed by atoms with Crippen LogP contribution in [0.25, 0.3) is 0 Å². The Morgan fingerprint density at radius 2 is 1.61 bits per heavy atom. The molecule has 6 heteroatoms. The molecular formula is C22H26N2O3S. The van der Waals surface area contributed by atoms with Gasteiger partial charge in [-0.05, 0) is 50.3 Å². The molecule has 2 aromatic carbocycles. The number of nitrogens with zero attached hydrogens (tertiary/aromatic N) is 1. The summed E-state index contributed by atoms with van der Waals surface area (Å²) in [6, 6.07) is 16.7. The molecule has 0 unspecified atom stereocenters. The number of rotatable bonds is 5. The molecule has 148 valence electrons. The fourth-order valence-electron chi connectivity index (χ4n) is 4.02. The van der Waals surface area contributed by atoms with Gasteiger partial charge in [0.15, 0.2) is 0 Å². The summed E-state index contributed by atoms with van der Waals surface area (Å²) in [5.74, 6) is 0.193. The van der Waals surface area contributed by atoms with E-state index < -0.39 is 10.0 Å². The average molecular weight is 399 g/mol. The molecule has 0 atom stereocenters. The summed E-state index contributed by atoms with van der Waals surface area (Å²) < 4.78 is 28.0. The number of hydrogen-bond donors (Lipinski definition) is 1. The highest BCUT2D eigenvalue weighted by atomic mass is 32.2. The molecule has 2 aliphatic rings. The molecule has 1 aliphatic heterocycles. The Bertz CT molecular complexity index is 943. The van der Waals surface area contributed by atoms with Crippen molar-refractivity contribution in [3.8, 4) is 0 Å². The van der Waals surface area contributed by atoms with E-state index in [0.29, 0.717) is 25.9 Å². The van der Waals surface area contributed by atoms with Gasteiger partial charge in [-0.25, -0.2) is 13.1 Å². The number of carbonyl (C=O) groups is 1. The Kier molecular flexibility index (Phi) is 5.02. The van der Waals surface area contributed by atoms with E-state index in [9.17, 15) is 13.2 Å². The lowest BCUT2D eigenvalue weighted by molar-refractivity contribution is -0.135. The Balaban J connectivity index is 1.37. The van der Waals surface area contributed by atoms with Crippen molar-refractivity contribution < 1.29 is 13.2 Å². The molecule has 4 rings (SSSR count). The third-order valence-electron chi connectivity index (χ3n) is 5.92. The molecule has 1 saturated heterocycles. The van der Waals surface area contributed by atoms with E-state index in [1.807, 2.05) is 42.2 Å². The summed E-state index contributed by atoms with van der Waals surface area (Å²) in [6.07, 6.45) is 3.08. The van der Waals surface area contributed by atoms with Gasteiger partial charge in [-0.3, -0.25) is 4.79 Å². The number of sulfonamides is 1. The minimum Gasteiger partial charge on any atom is -0.342 e. The molecule has 1 amide bonds. The van der Waals surface area contributed by atoms with Crippen LogP contribution in [0.15, 0.2) is 59.5 Å². The number of hydrogen-bond acceptors (Lipinski definition) is 3. The van der Waals surface area contributed by atoms with Crippen molar-refractivity contribution in [1.82, 2.24) is 9.62 Å². The minimum absolute atomic E-state index is 0.137. The van der Waals surface area contributed by atoms with Crippen LogP contribution in [-0.2, 0) is 20.2 Å². The zero-order valence-corrected chi connectivity index (χ0v) is 16.9. The first-order valence-electron chi connectivity index (χ1n) is 9.85. The molecule has 28 heavy (non-hydrogen) atoms. The molecule has 2 aromatic rings.